The van der Waals surface area contributed by atoms with Crippen molar-refractivity contribution in [1.29, 1.82) is 0 Å². The molecule has 1 aromatic carbocycles. The van der Waals surface area contributed by atoms with E-state index in [0.717, 1.165) is 11.3 Å². The number of carbonyl (C=O) groups excluding carboxylic acids is 1. The van der Waals surface area contributed by atoms with Gasteiger partial charge in [-0.15, -0.1) is 12.4 Å². The molecule has 0 aliphatic carbocycles. The lowest BCUT2D eigenvalue weighted by Gasteiger charge is -2.09. The highest BCUT2D eigenvalue weighted by molar-refractivity contribution is 5.85. The molecule has 3 N–H and O–H groups in total. The van der Waals surface area contributed by atoms with Crippen molar-refractivity contribution in [3.8, 4) is 17.1 Å². The Morgan fingerprint density at radius 1 is 1.38 bits per heavy atom. The summed E-state index contributed by atoms with van der Waals surface area (Å²) in [6.45, 7) is 3.12. The molecule has 1 unspecified atom stereocenters. The fourth-order valence-corrected chi connectivity index (χ4v) is 1.89. The number of hydrogen-bond acceptors (Lipinski definition) is 6. The van der Waals surface area contributed by atoms with Gasteiger partial charge in [0.1, 0.15) is 5.75 Å². The van der Waals surface area contributed by atoms with Gasteiger partial charge in [0.25, 0.3) is 0 Å². The number of rotatable bonds is 8. The summed E-state index contributed by atoms with van der Waals surface area (Å²) in [4.78, 5) is 16.0. The van der Waals surface area contributed by atoms with Crippen LogP contribution in [0.25, 0.3) is 11.4 Å². The number of nitrogens with zero attached hydrogens (tertiary/aromatic N) is 2. The normalized spacial score (nSPS) is 11.5. The van der Waals surface area contributed by atoms with Gasteiger partial charge in [-0.1, -0.05) is 12.1 Å². The SMILES string of the molecule is COc1ccc(-c2noc(CCC(=O)NCC(C)CN)n2)cc1.Cl. The molecule has 1 aromatic heterocycles. The highest BCUT2D eigenvalue weighted by Gasteiger charge is 2.11. The van der Waals surface area contributed by atoms with Crippen LogP contribution in [0.15, 0.2) is 28.8 Å². The van der Waals surface area contributed by atoms with Crippen molar-refractivity contribution < 1.29 is 14.1 Å². The minimum absolute atomic E-state index is 0. The Balaban J connectivity index is 0.00000288. The second kappa shape index (κ2) is 9.89. The molecule has 0 saturated heterocycles. The lowest BCUT2D eigenvalue weighted by atomic mass is 10.2. The standard InChI is InChI=1S/C16H22N4O3.ClH/c1-11(9-17)10-18-14(21)7-8-15-19-16(20-23-15)12-3-5-13(22-2)6-4-12;/h3-6,11H,7-10,17H2,1-2H3,(H,18,21);1H. The third-order valence-corrected chi connectivity index (χ3v) is 3.43. The number of aromatic nitrogens is 2. The Hall–Kier alpha value is -2.12. The lowest BCUT2D eigenvalue weighted by Crippen LogP contribution is -2.31. The van der Waals surface area contributed by atoms with Gasteiger partial charge in [-0.25, -0.2) is 0 Å². The molecule has 0 bridgehead atoms. The molecule has 0 aliphatic heterocycles. The molecule has 24 heavy (non-hydrogen) atoms. The van der Waals surface area contributed by atoms with Crippen LogP contribution in [0.5, 0.6) is 5.75 Å². The summed E-state index contributed by atoms with van der Waals surface area (Å²) < 4.78 is 10.3. The maximum Gasteiger partial charge on any atom is 0.227 e. The zero-order valence-electron chi connectivity index (χ0n) is 13.8. The van der Waals surface area contributed by atoms with Crippen LogP contribution in [0.1, 0.15) is 19.2 Å². The minimum atomic E-state index is -0.0468. The predicted octanol–water partition coefficient (Wildman–Crippen LogP) is 1.81. The van der Waals surface area contributed by atoms with Gasteiger partial charge in [-0.05, 0) is 36.7 Å². The van der Waals surface area contributed by atoms with Crippen LogP contribution >= 0.6 is 12.4 Å². The van der Waals surface area contributed by atoms with Gasteiger partial charge < -0.3 is 20.3 Å². The summed E-state index contributed by atoms with van der Waals surface area (Å²) in [7, 11) is 1.61. The molecule has 1 heterocycles. The van der Waals surface area contributed by atoms with Gasteiger partial charge in [-0.2, -0.15) is 4.98 Å². The molecule has 8 heteroatoms. The number of carbonyl (C=O) groups is 1. The van der Waals surface area contributed by atoms with Crippen LogP contribution < -0.4 is 15.8 Å². The summed E-state index contributed by atoms with van der Waals surface area (Å²) in [5.41, 5.74) is 6.34. The van der Waals surface area contributed by atoms with Crippen LogP contribution in [0.4, 0.5) is 0 Å². The molecular weight excluding hydrogens is 332 g/mol. The quantitative estimate of drug-likeness (QED) is 0.749. The number of ether oxygens (including phenoxy) is 1. The van der Waals surface area contributed by atoms with E-state index in [9.17, 15) is 4.79 Å². The maximum atomic E-state index is 11.7. The Labute approximate surface area is 147 Å². The third-order valence-electron chi connectivity index (χ3n) is 3.43. The van der Waals surface area contributed by atoms with E-state index in [1.54, 1.807) is 7.11 Å². The van der Waals surface area contributed by atoms with Crippen molar-refractivity contribution in [1.82, 2.24) is 15.5 Å². The highest BCUT2D eigenvalue weighted by atomic mass is 35.5. The Bertz CT molecular complexity index is 631. The summed E-state index contributed by atoms with van der Waals surface area (Å²) >= 11 is 0. The van der Waals surface area contributed by atoms with Gasteiger partial charge >= 0.3 is 0 Å². The molecule has 0 radical (unpaired) electrons. The summed E-state index contributed by atoms with van der Waals surface area (Å²) in [6.07, 6.45) is 0.716. The minimum Gasteiger partial charge on any atom is -0.497 e. The van der Waals surface area contributed by atoms with Crippen LogP contribution in [0, 0.1) is 5.92 Å². The van der Waals surface area contributed by atoms with Crippen molar-refractivity contribution in [3.63, 3.8) is 0 Å². The summed E-state index contributed by atoms with van der Waals surface area (Å²) in [5, 5.41) is 6.76. The maximum absolute atomic E-state index is 11.7. The van der Waals surface area contributed by atoms with Gasteiger partial charge in [0.15, 0.2) is 0 Å². The molecule has 0 fully saturated rings. The van der Waals surface area contributed by atoms with E-state index in [1.165, 1.54) is 0 Å². The fourth-order valence-electron chi connectivity index (χ4n) is 1.89. The molecule has 0 aliphatic rings. The van der Waals surface area contributed by atoms with E-state index in [4.69, 9.17) is 15.0 Å². The Kier molecular flexibility index (Phi) is 8.21. The van der Waals surface area contributed by atoms with Crippen molar-refractivity contribution in [2.24, 2.45) is 11.7 Å². The molecular formula is C16H23ClN4O3. The first-order valence-electron chi connectivity index (χ1n) is 7.56. The zero-order chi connectivity index (χ0) is 16.7. The first-order valence-corrected chi connectivity index (χ1v) is 7.56. The largest absolute Gasteiger partial charge is 0.497 e. The fraction of sp³-hybridized carbons (Fsp3) is 0.438. The Morgan fingerprint density at radius 3 is 2.71 bits per heavy atom. The van der Waals surface area contributed by atoms with Crippen LogP contribution in [-0.2, 0) is 11.2 Å². The van der Waals surface area contributed by atoms with Gasteiger partial charge in [0.05, 0.1) is 7.11 Å². The number of halogens is 1. The number of nitrogens with one attached hydrogen (secondary N) is 1. The Morgan fingerprint density at radius 2 is 2.08 bits per heavy atom. The second-order valence-corrected chi connectivity index (χ2v) is 5.39. The number of methoxy groups -OCH3 is 1. The first kappa shape index (κ1) is 19.9. The topological polar surface area (TPSA) is 103 Å². The van der Waals surface area contributed by atoms with Crippen LogP contribution in [0.3, 0.4) is 0 Å². The van der Waals surface area contributed by atoms with Gasteiger partial charge in [0, 0.05) is 24.9 Å². The van der Waals surface area contributed by atoms with E-state index in [2.05, 4.69) is 15.5 Å². The first-order chi connectivity index (χ1) is 11.1. The highest BCUT2D eigenvalue weighted by Crippen LogP contribution is 2.19. The molecule has 132 valence electrons. The van der Waals surface area contributed by atoms with Crippen LogP contribution in [0.2, 0.25) is 0 Å². The number of hydrogen-bond donors (Lipinski definition) is 2. The summed E-state index contributed by atoms with van der Waals surface area (Å²) in [6, 6.07) is 7.37. The summed E-state index contributed by atoms with van der Waals surface area (Å²) in [5.74, 6) is 1.93. The number of aryl methyl sites for hydroxylation is 1. The molecule has 0 saturated carbocycles. The van der Waals surface area contributed by atoms with E-state index in [0.29, 0.717) is 37.6 Å². The van der Waals surface area contributed by atoms with Crippen molar-refractivity contribution in [3.05, 3.63) is 30.2 Å². The molecule has 0 spiro atoms. The molecule has 7 nitrogen and oxygen atoms in total. The van der Waals surface area contributed by atoms with E-state index >= 15 is 0 Å². The van der Waals surface area contributed by atoms with E-state index < -0.39 is 0 Å². The van der Waals surface area contributed by atoms with Gasteiger partial charge in [0.2, 0.25) is 17.6 Å². The van der Waals surface area contributed by atoms with Crippen LogP contribution in [-0.4, -0.2) is 36.2 Å². The lowest BCUT2D eigenvalue weighted by molar-refractivity contribution is -0.121. The number of amides is 1. The van der Waals surface area contributed by atoms with E-state index in [-0.39, 0.29) is 24.2 Å². The average Bonchev–Trinajstić information content (AvgIpc) is 3.06. The molecule has 1 atom stereocenters. The second-order valence-electron chi connectivity index (χ2n) is 5.39. The zero-order valence-corrected chi connectivity index (χ0v) is 14.6. The predicted molar refractivity (Wildman–Crippen MR) is 93.1 cm³/mol. The van der Waals surface area contributed by atoms with E-state index in [1.807, 2.05) is 31.2 Å². The smallest absolute Gasteiger partial charge is 0.227 e. The third kappa shape index (κ3) is 5.82. The van der Waals surface area contributed by atoms with Crippen molar-refractivity contribution in [2.75, 3.05) is 20.2 Å². The molecule has 2 rings (SSSR count). The number of benzene rings is 1. The number of nitrogens with two attached hydrogens (primary N) is 1. The average molecular weight is 355 g/mol. The van der Waals surface area contributed by atoms with Crippen molar-refractivity contribution >= 4 is 18.3 Å². The molecule has 2 aromatic rings. The van der Waals surface area contributed by atoms with Gasteiger partial charge in [-0.3, -0.25) is 4.79 Å². The van der Waals surface area contributed by atoms with Crippen molar-refractivity contribution in [2.45, 2.75) is 19.8 Å². The molecule has 1 amide bonds. The monoisotopic (exact) mass is 354 g/mol.